The van der Waals surface area contributed by atoms with Crippen LogP contribution in [-0.2, 0) is 9.53 Å². The standard InChI is InChI=1S/C19H23N3O2/c23-19(21-16-6-2-1-3-7-16)10-11-20-17-8-4-5-9-18(17)22-12-14-24-15-13-22/h1-9,20H,10-15H2,(H,21,23). The molecule has 3 rings (SSSR count). The molecule has 0 saturated carbocycles. The van der Waals surface area contributed by atoms with Crippen molar-refractivity contribution >= 4 is 23.0 Å². The Balaban J connectivity index is 1.52. The molecular weight excluding hydrogens is 302 g/mol. The summed E-state index contributed by atoms with van der Waals surface area (Å²) < 4.78 is 5.42. The Kier molecular flexibility index (Phi) is 5.69. The van der Waals surface area contributed by atoms with Gasteiger partial charge in [0.05, 0.1) is 24.6 Å². The van der Waals surface area contributed by atoms with Gasteiger partial charge in [-0.3, -0.25) is 4.79 Å². The van der Waals surface area contributed by atoms with Gasteiger partial charge in [-0.25, -0.2) is 0 Å². The van der Waals surface area contributed by atoms with Crippen LogP contribution < -0.4 is 15.5 Å². The van der Waals surface area contributed by atoms with Crippen LogP contribution in [0.25, 0.3) is 0 Å². The summed E-state index contributed by atoms with van der Waals surface area (Å²) in [5.74, 6) is 0.0116. The Labute approximate surface area is 142 Å². The van der Waals surface area contributed by atoms with E-state index in [0.29, 0.717) is 13.0 Å². The molecule has 2 aromatic rings. The van der Waals surface area contributed by atoms with Gasteiger partial charge in [-0.1, -0.05) is 30.3 Å². The first-order valence-corrected chi connectivity index (χ1v) is 8.33. The number of hydrogen-bond donors (Lipinski definition) is 2. The highest BCUT2D eigenvalue weighted by molar-refractivity contribution is 5.91. The highest BCUT2D eigenvalue weighted by Gasteiger charge is 2.14. The maximum absolute atomic E-state index is 12.0. The molecule has 1 fully saturated rings. The molecule has 1 aliphatic heterocycles. The quantitative estimate of drug-likeness (QED) is 0.857. The molecule has 0 aromatic heterocycles. The first-order valence-electron chi connectivity index (χ1n) is 8.33. The van der Waals surface area contributed by atoms with Crippen molar-refractivity contribution < 1.29 is 9.53 Å². The van der Waals surface area contributed by atoms with Crippen LogP contribution in [0, 0.1) is 0 Å². The molecule has 0 radical (unpaired) electrons. The summed E-state index contributed by atoms with van der Waals surface area (Å²) >= 11 is 0. The van der Waals surface area contributed by atoms with E-state index in [-0.39, 0.29) is 5.91 Å². The summed E-state index contributed by atoms with van der Waals surface area (Å²) in [4.78, 5) is 14.3. The first-order chi connectivity index (χ1) is 11.8. The largest absolute Gasteiger partial charge is 0.383 e. The second-order valence-corrected chi connectivity index (χ2v) is 5.71. The number of morpholine rings is 1. The number of ether oxygens (including phenoxy) is 1. The van der Waals surface area contributed by atoms with E-state index in [0.717, 1.165) is 37.7 Å². The average molecular weight is 325 g/mol. The molecule has 1 saturated heterocycles. The Morgan fingerprint density at radius 1 is 1.00 bits per heavy atom. The minimum Gasteiger partial charge on any atom is -0.383 e. The molecule has 5 nitrogen and oxygen atoms in total. The lowest BCUT2D eigenvalue weighted by molar-refractivity contribution is -0.115. The summed E-state index contributed by atoms with van der Waals surface area (Å²) in [6.45, 7) is 3.90. The highest BCUT2D eigenvalue weighted by Crippen LogP contribution is 2.26. The van der Waals surface area contributed by atoms with Crippen LogP contribution in [0.5, 0.6) is 0 Å². The van der Waals surface area contributed by atoms with E-state index in [2.05, 4.69) is 27.7 Å². The highest BCUT2D eigenvalue weighted by atomic mass is 16.5. The van der Waals surface area contributed by atoms with Crippen LogP contribution in [0.1, 0.15) is 6.42 Å². The molecular formula is C19H23N3O2. The van der Waals surface area contributed by atoms with E-state index in [9.17, 15) is 4.79 Å². The third kappa shape index (κ3) is 4.49. The monoisotopic (exact) mass is 325 g/mol. The molecule has 2 N–H and O–H groups in total. The lowest BCUT2D eigenvalue weighted by atomic mass is 10.2. The number of carbonyl (C=O) groups excluding carboxylic acids is 1. The second kappa shape index (κ2) is 8.36. The zero-order valence-corrected chi connectivity index (χ0v) is 13.7. The van der Waals surface area contributed by atoms with Crippen LogP contribution in [0.15, 0.2) is 54.6 Å². The SMILES string of the molecule is O=C(CCNc1ccccc1N1CCOCC1)Nc1ccccc1. The molecule has 0 spiro atoms. The lowest BCUT2D eigenvalue weighted by Crippen LogP contribution is -2.36. The molecule has 1 heterocycles. The Bertz CT molecular complexity index is 655. The van der Waals surface area contributed by atoms with Crippen molar-refractivity contribution in [2.75, 3.05) is 48.4 Å². The smallest absolute Gasteiger partial charge is 0.226 e. The Morgan fingerprint density at radius 2 is 1.71 bits per heavy atom. The first kappa shape index (κ1) is 16.3. The van der Waals surface area contributed by atoms with Gasteiger partial charge in [-0.15, -0.1) is 0 Å². The zero-order chi connectivity index (χ0) is 16.6. The van der Waals surface area contributed by atoms with Crippen LogP contribution in [0.4, 0.5) is 17.1 Å². The van der Waals surface area contributed by atoms with Crippen LogP contribution in [-0.4, -0.2) is 38.8 Å². The molecule has 0 bridgehead atoms. The number of nitrogens with zero attached hydrogens (tertiary/aromatic N) is 1. The summed E-state index contributed by atoms with van der Waals surface area (Å²) in [7, 11) is 0. The van der Waals surface area contributed by atoms with Crippen molar-refractivity contribution in [3.8, 4) is 0 Å². The Morgan fingerprint density at radius 3 is 2.50 bits per heavy atom. The molecule has 2 aromatic carbocycles. The van der Waals surface area contributed by atoms with Gasteiger partial charge in [0.25, 0.3) is 0 Å². The molecule has 0 aliphatic carbocycles. The van der Waals surface area contributed by atoms with Crippen LogP contribution in [0.2, 0.25) is 0 Å². The van der Waals surface area contributed by atoms with Gasteiger partial charge in [0.15, 0.2) is 0 Å². The van der Waals surface area contributed by atoms with Crippen molar-refractivity contribution in [1.82, 2.24) is 0 Å². The van der Waals surface area contributed by atoms with E-state index in [1.54, 1.807) is 0 Å². The van der Waals surface area contributed by atoms with Gasteiger partial charge in [0, 0.05) is 31.7 Å². The predicted octanol–water partition coefficient (Wildman–Crippen LogP) is 2.96. The van der Waals surface area contributed by atoms with Crippen LogP contribution in [0.3, 0.4) is 0 Å². The number of benzene rings is 2. The Hall–Kier alpha value is -2.53. The maximum atomic E-state index is 12.0. The molecule has 5 heteroatoms. The fourth-order valence-electron chi connectivity index (χ4n) is 2.76. The predicted molar refractivity (Wildman–Crippen MR) is 97.7 cm³/mol. The number of rotatable bonds is 6. The van der Waals surface area contributed by atoms with Gasteiger partial charge in [-0.05, 0) is 24.3 Å². The second-order valence-electron chi connectivity index (χ2n) is 5.71. The lowest BCUT2D eigenvalue weighted by Gasteiger charge is -2.30. The fraction of sp³-hybridized carbons (Fsp3) is 0.316. The maximum Gasteiger partial charge on any atom is 0.226 e. The number of hydrogen-bond acceptors (Lipinski definition) is 4. The third-order valence-corrected chi connectivity index (χ3v) is 3.98. The summed E-state index contributed by atoms with van der Waals surface area (Å²) in [5.41, 5.74) is 3.06. The molecule has 0 unspecified atom stereocenters. The van der Waals surface area contributed by atoms with Gasteiger partial charge >= 0.3 is 0 Å². The average Bonchev–Trinajstić information content (AvgIpc) is 2.64. The summed E-state index contributed by atoms with van der Waals surface area (Å²) in [5, 5.41) is 6.28. The topological polar surface area (TPSA) is 53.6 Å². The number of carbonyl (C=O) groups is 1. The van der Waals surface area contributed by atoms with Crippen molar-refractivity contribution in [3.05, 3.63) is 54.6 Å². The molecule has 126 valence electrons. The van der Waals surface area contributed by atoms with E-state index in [1.807, 2.05) is 42.5 Å². The molecule has 1 amide bonds. The molecule has 24 heavy (non-hydrogen) atoms. The van der Waals surface area contributed by atoms with Gasteiger partial charge < -0.3 is 20.3 Å². The van der Waals surface area contributed by atoms with Crippen LogP contribution >= 0.6 is 0 Å². The van der Waals surface area contributed by atoms with E-state index < -0.39 is 0 Å². The van der Waals surface area contributed by atoms with Gasteiger partial charge in [0.1, 0.15) is 0 Å². The number of nitrogens with one attached hydrogen (secondary N) is 2. The van der Waals surface area contributed by atoms with Crippen molar-refractivity contribution in [2.24, 2.45) is 0 Å². The zero-order valence-electron chi connectivity index (χ0n) is 13.7. The van der Waals surface area contributed by atoms with E-state index in [4.69, 9.17) is 4.74 Å². The van der Waals surface area contributed by atoms with Gasteiger partial charge in [0.2, 0.25) is 5.91 Å². The minimum absolute atomic E-state index is 0.0116. The summed E-state index contributed by atoms with van der Waals surface area (Å²) in [6.07, 6.45) is 0.423. The molecule has 1 aliphatic rings. The minimum atomic E-state index is 0.0116. The fourth-order valence-corrected chi connectivity index (χ4v) is 2.76. The normalized spacial score (nSPS) is 14.2. The van der Waals surface area contributed by atoms with E-state index in [1.165, 1.54) is 5.69 Å². The summed E-state index contributed by atoms with van der Waals surface area (Å²) in [6, 6.07) is 17.7. The number of para-hydroxylation sites is 3. The molecule has 0 atom stereocenters. The van der Waals surface area contributed by atoms with Gasteiger partial charge in [-0.2, -0.15) is 0 Å². The van der Waals surface area contributed by atoms with Crippen molar-refractivity contribution in [3.63, 3.8) is 0 Å². The number of amides is 1. The van der Waals surface area contributed by atoms with E-state index >= 15 is 0 Å². The van der Waals surface area contributed by atoms with Crippen molar-refractivity contribution in [1.29, 1.82) is 0 Å². The number of anilines is 3. The van der Waals surface area contributed by atoms with Crippen molar-refractivity contribution in [2.45, 2.75) is 6.42 Å². The third-order valence-electron chi connectivity index (χ3n) is 3.98.